The van der Waals surface area contributed by atoms with E-state index in [0.717, 1.165) is 6.54 Å². The molecule has 0 heterocycles. The van der Waals surface area contributed by atoms with E-state index in [0.29, 0.717) is 18.5 Å². The molecule has 0 aliphatic carbocycles. The zero-order chi connectivity index (χ0) is 15.2. The van der Waals surface area contributed by atoms with Crippen molar-refractivity contribution in [2.24, 2.45) is 0 Å². The number of carbonyl (C=O) groups is 1. The van der Waals surface area contributed by atoms with Crippen LogP contribution in [0, 0.1) is 0 Å². The maximum Gasteiger partial charge on any atom is 0.253 e. The summed E-state index contributed by atoms with van der Waals surface area (Å²) in [6.07, 6.45) is 0.715. The van der Waals surface area contributed by atoms with Crippen LogP contribution in [-0.4, -0.2) is 53.5 Å². The van der Waals surface area contributed by atoms with Gasteiger partial charge in [0.05, 0.1) is 4.90 Å². The first-order chi connectivity index (χ1) is 9.38. The Balaban J connectivity index is 0.00000400. The van der Waals surface area contributed by atoms with Crippen molar-refractivity contribution in [1.82, 2.24) is 14.9 Å². The quantitative estimate of drug-likeness (QED) is 0.719. The molecule has 0 saturated heterocycles. The fraction of sp³-hybridized carbons (Fsp3) is 0.462. The van der Waals surface area contributed by atoms with Gasteiger partial charge in [-0.15, -0.1) is 12.4 Å². The molecule has 0 spiro atoms. The summed E-state index contributed by atoms with van der Waals surface area (Å²) < 4.78 is 26.5. The Labute approximate surface area is 132 Å². The lowest BCUT2D eigenvalue weighted by atomic mass is 10.2. The Kier molecular flexibility index (Phi) is 8.50. The fourth-order valence-corrected chi connectivity index (χ4v) is 2.66. The highest BCUT2D eigenvalue weighted by atomic mass is 35.5. The van der Waals surface area contributed by atoms with E-state index in [-0.39, 0.29) is 23.2 Å². The highest BCUT2D eigenvalue weighted by Gasteiger charge is 2.14. The lowest BCUT2D eigenvalue weighted by molar-refractivity contribution is 0.0827. The molecule has 0 aliphatic rings. The van der Waals surface area contributed by atoms with Gasteiger partial charge in [0.25, 0.3) is 5.91 Å². The van der Waals surface area contributed by atoms with Gasteiger partial charge < -0.3 is 10.2 Å². The summed E-state index contributed by atoms with van der Waals surface area (Å²) in [5.74, 6) is -0.157. The Morgan fingerprint density at radius 3 is 2.19 bits per heavy atom. The topological polar surface area (TPSA) is 78.5 Å². The van der Waals surface area contributed by atoms with E-state index in [1.165, 1.54) is 29.2 Å². The Morgan fingerprint density at radius 1 is 1.14 bits per heavy atom. The molecular formula is C13H22ClN3O3S. The number of nitrogens with zero attached hydrogens (tertiary/aromatic N) is 1. The van der Waals surface area contributed by atoms with Gasteiger partial charge in [-0.1, -0.05) is 0 Å². The van der Waals surface area contributed by atoms with E-state index < -0.39 is 10.0 Å². The van der Waals surface area contributed by atoms with Crippen LogP contribution < -0.4 is 10.0 Å². The van der Waals surface area contributed by atoms with Gasteiger partial charge in [0.15, 0.2) is 0 Å². The summed E-state index contributed by atoms with van der Waals surface area (Å²) in [7, 11) is 1.61. The molecule has 2 N–H and O–H groups in total. The van der Waals surface area contributed by atoms with Crippen LogP contribution in [0.4, 0.5) is 0 Å². The first-order valence-electron chi connectivity index (χ1n) is 6.34. The number of halogens is 1. The van der Waals surface area contributed by atoms with Gasteiger partial charge in [-0.25, -0.2) is 13.1 Å². The van der Waals surface area contributed by atoms with Crippen LogP contribution >= 0.6 is 12.4 Å². The molecule has 0 aromatic heterocycles. The van der Waals surface area contributed by atoms with Gasteiger partial charge >= 0.3 is 0 Å². The van der Waals surface area contributed by atoms with Crippen molar-refractivity contribution in [2.75, 3.05) is 34.2 Å². The number of hydrogen-bond acceptors (Lipinski definition) is 4. The van der Waals surface area contributed by atoms with Crippen LogP contribution in [0.3, 0.4) is 0 Å². The predicted octanol–water partition coefficient (Wildman–Crippen LogP) is 0.698. The minimum atomic E-state index is -3.51. The highest BCUT2D eigenvalue weighted by molar-refractivity contribution is 7.89. The molecule has 1 amide bonds. The van der Waals surface area contributed by atoms with Crippen molar-refractivity contribution >= 4 is 28.3 Å². The molecule has 0 saturated carbocycles. The van der Waals surface area contributed by atoms with Crippen molar-refractivity contribution in [2.45, 2.75) is 11.3 Å². The van der Waals surface area contributed by atoms with Crippen LogP contribution in [0.15, 0.2) is 29.2 Å². The van der Waals surface area contributed by atoms with Crippen molar-refractivity contribution in [3.05, 3.63) is 29.8 Å². The molecule has 0 aliphatic heterocycles. The SMILES string of the molecule is CNCCCNS(=O)(=O)c1ccc(C(=O)N(C)C)cc1.Cl. The summed E-state index contributed by atoms with van der Waals surface area (Å²) in [4.78, 5) is 13.3. The number of carbonyl (C=O) groups excluding carboxylic acids is 1. The van der Waals surface area contributed by atoms with Crippen molar-refractivity contribution in [3.63, 3.8) is 0 Å². The van der Waals surface area contributed by atoms with Gasteiger partial charge in [-0.3, -0.25) is 4.79 Å². The van der Waals surface area contributed by atoms with Crippen LogP contribution in [0.5, 0.6) is 0 Å². The first-order valence-corrected chi connectivity index (χ1v) is 7.83. The second-order valence-electron chi connectivity index (χ2n) is 4.58. The molecule has 1 aromatic carbocycles. The van der Waals surface area contributed by atoms with Gasteiger partial charge in [-0.05, 0) is 44.3 Å². The van der Waals surface area contributed by atoms with E-state index in [9.17, 15) is 13.2 Å². The average molecular weight is 336 g/mol. The molecule has 0 radical (unpaired) electrons. The van der Waals surface area contributed by atoms with Gasteiger partial charge in [-0.2, -0.15) is 0 Å². The number of hydrogen-bond donors (Lipinski definition) is 2. The second kappa shape index (κ2) is 8.99. The Morgan fingerprint density at radius 2 is 1.71 bits per heavy atom. The second-order valence-corrected chi connectivity index (χ2v) is 6.35. The molecule has 1 aromatic rings. The number of amides is 1. The van der Waals surface area contributed by atoms with E-state index in [2.05, 4.69) is 10.0 Å². The van der Waals surface area contributed by atoms with E-state index >= 15 is 0 Å². The zero-order valence-electron chi connectivity index (χ0n) is 12.4. The number of rotatable bonds is 7. The highest BCUT2D eigenvalue weighted by Crippen LogP contribution is 2.11. The fourth-order valence-electron chi connectivity index (χ4n) is 1.59. The maximum atomic E-state index is 12.0. The summed E-state index contributed by atoms with van der Waals surface area (Å²) in [5.41, 5.74) is 0.462. The van der Waals surface area contributed by atoms with Crippen LogP contribution in [0.25, 0.3) is 0 Å². The third-order valence-electron chi connectivity index (χ3n) is 2.71. The first kappa shape index (κ1) is 19.9. The molecule has 0 atom stereocenters. The molecular weight excluding hydrogens is 314 g/mol. The number of benzene rings is 1. The minimum Gasteiger partial charge on any atom is -0.345 e. The van der Waals surface area contributed by atoms with Gasteiger partial charge in [0.1, 0.15) is 0 Å². The van der Waals surface area contributed by atoms with Gasteiger partial charge in [0, 0.05) is 26.2 Å². The van der Waals surface area contributed by atoms with Crippen LogP contribution in [-0.2, 0) is 10.0 Å². The molecule has 1 rings (SSSR count). The number of nitrogens with one attached hydrogen (secondary N) is 2. The third kappa shape index (κ3) is 6.01. The van der Waals surface area contributed by atoms with Crippen molar-refractivity contribution < 1.29 is 13.2 Å². The molecule has 8 heteroatoms. The lowest BCUT2D eigenvalue weighted by Gasteiger charge is -2.11. The number of sulfonamides is 1. The standard InChI is InChI=1S/C13H21N3O3S.ClH/c1-14-9-4-10-15-20(18,19)12-7-5-11(6-8-12)13(17)16(2)3;/h5-8,14-15H,4,9-10H2,1-3H3;1H. The summed E-state index contributed by atoms with van der Waals surface area (Å²) in [6.45, 7) is 1.13. The average Bonchev–Trinajstić information content (AvgIpc) is 2.43. The van der Waals surface area contributed by atoms with E-state index in [1.54, 1.807) is 14.1 Å². The third-order valence-corrected chi connectivity index (χ3v) is 4.19. The normalized spacial score (nSPS) is 10.8. The smallest absolute Gasteiger partial charge is 0.253 e. The van der Waals surface area contributed by atoms with Crippen LogP contribution in [0.1, 0.15) is 16.8 Å². The Bertz CT molecular complexity index is 544. The monoisotopic (exact) mass is 335 g/mol. The minimum absolute atomic E-state index is 0. The Hall–Kier alpha value is -1.15. The molecule has 6 nitrogen and oxygen atoms in total. The summed E-state index contributed by atoms with van der Waals surface area (Å²) >= 11 is 0. The van der Waals surface area contributed by atoms with E-state index in [1.807, 2.05) is 7.05 Å². The lowest BCUT2D eigenvalue weighted by Crippen LogP contribution is -2.27. The molecule has 0 bridgehead atoms. The summed E-state index contributed by atoms with van der Waals surface area (Å²) in [6, 6.07) is 5.92. The molecule has 0 fully saturated rings. The maximum absolute atomic E-state index is 12.0. The van der Waals surface area contributed by atoms with Gasteiger partial charge in [0.2, 0.25) is 10.0 Å². The van der Waals surface area contributed by atoms with Crippen molar-refractivity contribution in [1.29, 1.82) is 0 Å². The molecule has 21 heavy (non-hydrogen) atoms. The molecule has 120 valence electrons. The molecule has 0 unspecified atom stereocenters. The van der Waals surface area contributed by atoms with Crippen molar-refractivity contribution in [3.8, 4) is 0 Å². The zero-order valence-corrected chi connectivity index (χ0v) is 14.1. The van der Waals surface area contributed by atoms with E-state index in [4.69, 9.17) is 0 Å². The largest absolute Gasteiger partial charge is 0.345 e. The predicted molar refractivity (Wildman–Crippen MR) is 85.4 cm³/mol. The summed E-state index contributed by atoms with van der Waals surface area (Å²) in [5, 5.41) is 2.95. The van der Waals surface area contributed by atoms with Crippen LogP contribution in [0.2, 0.25) is 0 Å².